The number of nitrogens with zero attached hydrogens (tertiary/aromatic N) is 1. The van der Waals surface area contributed by atoms with Crippen molar-refractivity contribution in [3.05, 3.63) is 43.8 Å². The summed E-state index contributed by atoms with van der Waals surface area (Å²) in [5.41, 5.74) is 1.55. The van der Waals surface area contributed by atoms with Crippen molar-refractivity contribution in [2.75, 3.05) is 5.32 Å². The van der Waals surface area contributed by atoms with Gasteiger partial charge in [-0.2, -0.15) is 0 Å². The number of carbonyl (C=O) groups excluding carboxylic acids is 1. The van der Waals surface area contributed by atoms with E-state index in [0.717, 1.165) is 15.6 Å². The lowest BCUT2D eigenvalue weighted by Crippen LogP contribution is -2.14. The molecule has 2 aromatic rings. The number of nitrogens with one attached hydrogen (secondary N) is 1. The number of aromatic nitrogens is 1. The Bertz CT molecular complexity index is 625. The van der Waals surface area contributed by atoms with Gasteiger partial charge in [-0.1, -0.05) is 23.2 Å². The second kappa shape index (κ2) is 5.90. The maximum atomic E-state index is 11.9. The number of rotatable bonds is 3. The second-order valence-corrected chi connectivity index (χ2v) is 6.20. The van der Waals surface area contributed by atoms with Gasteiger partial charge in [0.2, 0.25) is 5.91 Å². The molecule has 3 nitrogen and oxygen atoms in total. The molecule has 19 heavy (non-hydrogen) atoms. The van der Waals surface area contributed by atoms with E-state index in [9.17, 15) is 4.79 Å². The first-order valence-corrected chi connectivity index (χ1v) is 7.21. The number of aryl methyl sites for hydroxylation is 2. The molecule has 0 unspecified atom stereocenters. The van der Waals surface area contributed by atoms with Gasteiger partial charge < -0.3 is 5.32 Å². The van der Waals surface area contributed by atoms with E-state index >= 15 is 0 Å². The van der Waals surface area contributed by atoms with Crippen molar-refractivity contribution in [1.82, 2.24) is 4.98 Å². The molecule has 0 spiro atoms. The van der Waals surface area contributed by atoms with Crippen LogP contribution in [-0.4, -0.2) is 10.9 Å². The van der Waals surface area contributed by atoms with Crippen molar-refractivity contribution in [3.8, 4) is 0 Å². The summed E-state index contributed by atoms with van der Waals surface area (Å²) in [6.45, 7) is 3.84. The van der Waals surface area contributed by atoms with Crippen LogP contribution in [0.15, 0.2) is 18.2 Å². The topological polar surface area (TPSA) is 42.0 Å². The van der Waals surface area contributed by atoms with Crippen LogP contribution >= 0.6 is 34.5 Å². The van der Waals surface area contributed by atoms with Crippen LogP contribution in [0.5, 0.6) is 0 Å². The van der Waals surface area contributed by atoms with Crippen LogP contribution in [-0.2, 0) is 11.2 Å². The number of hydrogen-bond acceptors (Lipinski definition) is 3. The predicted octanol–water partition coefficient (Wildman–Crippen LogP) is 4.25. The van der Waals surface area contributed by atoms with Crippen LogP contribution in [0.2, 0.25) is 10.0 Å². The molecule has 0 aliphatic rings. The highest BCUT2D eigenvalue weighted by atomic mass is 35.5. The highest BCUT2D eigenvalue weighted by Crippen LogP contribution is 2.25. The lowest BCUT2D eigenvalue weighted by Gasteiger charge is -2.05. The lowest BCUT2D eigenvalue weighted by molar-refractivity contribution is -0.115. The standard InChI is InChI=1S/C13H12Cl2N2OS/c1-7-12(19-8(2)16-7)6-13(18)17-9-3-4-10(14)11(15)5-9/h3-5H,6H2,1-2H3,(H,17,18). The number of carbonyl (C=O) groups is 1. The number of amides is 1. The molecule has 0 fully saturated rings. The summed E-state index contributed by atoms with van der Waals surface area (Å²) in [6, 6.07) is 5.01. The molecule has 0 saturated heterocycles. The Morgan fingerprint density at radius 2 is 2.05 bits per heavy atom. The fourth-order valence-corrected chi connectivity index (χ4v) is 2.90. The molecule has 100 valence electrons. The molecule has 1 N–H and O–H groups in total. The predicted molar refractivity (Wildman–Crippen MR) is 80.4 cm³/mol. The number of hydrogen-bond donors (Lipinski definition) is 1. The molecule has 0 saturated carbocycles. The van der Waals surface area contributed by atoms with E-state index in [2.05, 4.69) is 10.3 Å². The molecule has 1 aromatic heterocycles. The summed E-state index contributed by atoms with van der Waals surface area (Å²) in [5.74, 6) is -0.0925. The van der Waals surface area contributed by atoms with Gasteiger partial charge in [0.05, 0.1) is 27.2 Å². The number of thiazole rings is 1. The maximum Gasteiger partial charge on any atom is 0.229 e. The van der Waals surface area contributed by atoms with Crippen LogP contribution in [0.3, 0.4) is 0 Å². The van der Waals surface area contributed by atoms with Crippen molar-refractivity contribution in [2.24, 2.45) is 0 Å². The maximum absolute atomic E-state index is 11.9. The summed E-state index contributed by atoms with van der Waals surface area (Å²) >= 11 is 13.3. The zero-order valence-corrected chi connectivity index (χ0v) is 12.8. The van der Waals surface area contributed by atoms with Gasteiger partial charge in [0.25, 0.3) is 0 Å². The largest absolute Gasteiger partial charge is 0.326 e. The van der Waals surface area contributed by atoms with Crippen LogP contribution in [0.25, 0.3) is 0 Å². The van der Waals surface area contributed by atoms with E-state index in [1.54, 1.807) is 18.2 Å². The number of halogens is 2. The number of anilines is 1. The smallest absolute Gasteiger partial charge is 0.229 e. The first kappa shape index (κ1) is 14.3. The SMILES string of the molecule is Cc1nc(C)c(CC(=O)Nc2ccc(Cl)c(Cl)c2)s1. The summed E-state index contributed by atoms with van der Waals surface area (Å²) < 4.78 is 0. The molecular weight excluding hydrogens is 303 g/mol. The van der Waals surface area contributed by atoms with Crippen molar-refractivity contribution in [2.45, 2.75) is 20.3 Å². The van der Waals surface area contributed by atoms with Crippen LogP contribution < -0.4 is 5.32 Å². The van der Waals surface area contributed by atoms with Crippen LogP contribution in [0, 0.1) is 13.8 Å². The summed E-state index contributed by atoms with van der Waals surface area (Å²) in [4.78, 5) is 17.2. The minimum Gasteiger partial charge on any atom is -0.326 e. The minimum absolute atomic E-state index is 0.0925. The van der Waals surface area contributed by atoms with Gasteiger partial charge in [-0.05, 0) is 32.0 Å². The van der Waals surface area contributed by atoms with Gasteiger partial charge in [-0.15, -0.1) is 11.3 Å². The third-order valence-electron chi connectivity index (χ3n) is 2.52. The number of benzene rings is 1. The lowest BCUT2D eigenvalue weighted by atomic mass is 10.2. The van der Waals surface area contributed by atoms with E-state index < -0.39 is 0 Å². The van der Waals surface area contributed by atoms with Crippen molar-refractivity contribution < 1.29 is 4.79 Å². The summed E-state index contributed by atoms with van der Waals surface area (Å²) in [7, 11) is 0. The molecule has 0 aliphatic heterocycles. The van der Waals surface area contributed by atoms with Crippen LogP contribution in [0.1, 0.15) is 15.6 Å². The van der Waals surface area contributed by atoms with E-state index in [-0.39, 0.29) is 5.91 Å². The molecule has 0 radical (unpaired) electrons. The average molecular weight is 315 g/mol. The summed E-state index contributed by atoms with van der Waals surface area (Å²) in [5, 5.41) is 4.65. The van der Waals surface area contributed by atoms with Gasteiger partial charge in [0.1, 0.15) is 0 Å². The zero-order chi connectivity index (χ0) is 14.0. The Balaban J connectivity index is 2.05. The first-order valence-electron chi connectivity index (χ1n) is 5.63. The molecule has 2 rings (SSSR count). The third kappa shape index (κ3) is 3.69. The van der Waals surface area contributed by atoms with Gasteiger partial charge in [0.15, 0.2) is 0 Å². The van der Waals surface area contributed by atoms with Gasteiger partial charge in [-0.25, -0.2) is 4.98 Å². The minimum atomic E-state index is -0.0925. The Labute approximate surface area is 125 Å². The third-order valence-corrected chi connectivity index (χ3v) is 4.34. The van der Waals surface area contributed by atoms with Crippen LogP contribution in [0.4, 0.5) is 5.69 Å². The van der Waals surface area contributed by atoms with Gasteiger partial charge in [0, 0.05) is 10.6 Å². The molecule has 1 amide bonds. The Kier molecular flexibility index (Phi) is 4.45. The molecule has 1 aromatic carbocycles. The second-order valence-electron chi connectivity index (χ2n) is 4.10. The Hall–Kier alpha value is -1.10. The fourth-order valence-electron chi connectivity index (χ4n) is 1.66. The van der Waals surface area contributed by atoms with E-state index in [1.807, 2.05) is 13.8 Å². The zero-order valence-electron chi connectivity index (χ0n) is 10.5. The quantitative estimate of drug-likeness (QED) is 0.920. The normalized spacial score (nSPS) is 10.5. The summed E-state index contributed by atoms with van der Waals surface area (Å²) in [6.07, 6.45) is 0.317. The molecule has 0 aliphatic carbocycles. The fraction of sp³-hybridized carbons (Fsp3) is 0.231. The van der Waals surface area contributed by atoms with E-state index in [1.165, 1.54) is 11.3 Å². The highest BCUT2D eigenvalue weighted by Gasteiger charge is 2.11. The van der Waals surface area contributed by atoms with Gasteiger partial charge >= 0.3 is 0 Å². The Morgan fingerprint density at radius 1 is 1.32 bits per heavy atom. The van der Waals surface area contributed by atoms with Crippen molar-refractivity contribution >= 4 is 46.1 Å². The molecule has 0 bridgehead atoms. The highest BCUT2D eigenvalue weighted by molar-refractivity contribution is 7.11. The Morgan fingerprint density at radius 3 is 2.63 bits per heavy atom. The van der Waals surface area contributed by atoms with Crippen molar-refractivity contribution in [3.63, 3.8) is 0 Å². The molecular formula is C13H12Cl2N2OS. The van der Waals surface area contributed by atoms with Gasteiger partial charge in [-0.3, -0.25) is 4.79 Å². The monoisotopic (exact) mass is 314 g/mol. The molecule has 6 heteroatoms. The first-order chi connectivity index (χ1) is 8.95. The van der Waals surface area contributed by atoms with E-state index in [0.29, 0.717) is 22.2 Å². The average Bonchev–Trinajstić information content (AvgIpc) is 2.62. The molecule has 0 atom stereocenters. The van der Waals surface area contributed by atoms with E-state index in [4.69, 9.17) is 23.2 Å². The molecule has 1 heterocycles. The van der Waals surface area contributed by atoms with Crippen molar-refractivity contribution in [1.29, 1.82) is 0 Å².